The third kappa shape index (κ3) is 3.42. The van der Waals surface area contributed by atoms with Crippen LogP contribution in [0.2, 0.25) is 0 Å². The van der Waals surface area contributed by atoms with Gasteiger partial charge in [0, 0.05) is 32.7 Å². The van der Waals surface area contributed by atoms with Gasteiger partial charge in [-0.05, 0) is 19.8 Å². The van der Waals surface area contributed by atoms with Crippen molar-refractivity contribution in [1.82, 2.24) is 14.7 Å². The number of methoxy groups -OCH3 is 1. The maximum absolute atomic E-state index is 12.6. The molecule has 1 atom stereocenters. The van der Waals surface area contributed by atoms with Gasteiger partial charge in [-0.3, -0.25) is 9.69 Å². The highest BCUT2D eigenvalue weighted by molar-refractivity contribution is 5.86. The van der Waals surface area contributed by atoms with Crippen molar-refractivity contribution in [3.63, 3.8) is 0 Å². The summed E-state index contributed by atoms with van der Waals surface area (Å²) in [5, 5.41) is 0. The molecule has 0 aliphatic carbocycles. The number of hydrogen-bond acceptors (Lipinski definition) is 5. The van der Waals surface area contributed by atoms with E-state index in [1.54, 1.807) is 16.7 Å². The van der Waals surface area contributed by atoms with Crippen LogP contribution in [0.3, 0.4) is 0 Å². The maximum atomic E-state index is 12.6. The predicted molar refractivity (Wildman–Crippen MR) is 77.3 cm³/mol. The van der Waals surface area contributed by atoms with Gasteiger partial charge in [0.25, 0.3) is 0 Å². The van der Waals surface area contributed by atoms with Crippen molar-refractivity contribution < 1.29 is 23.9 Å². The van der Waals surface area contributed by atoms with Crippen LogP contribution in [-0.4, -0.2) is 85.3 Å². The minimum Gasteiger partial charge on any atom is -0.453 e. The lowest BCUT2D eigenvalue weighted by atomic mass is 10.1. The number of carbonyl (C=O) groups excluding carboxylic acids is 3. The molecule has 2 saturated heterocycles. The lowest BCUT2D eigenvalue weighted by Gasteiger charge is -2.36. The quantitative estimate of drug-likeness (QED) is 0.742. The van der Waals surface area contributed by atoms with E-state index in [-0.39, 0.29) is 12.0 Å². The minimum atomic E-state index is -0.457. The first-order valence-corrected chi connectivity index (χ1v) is 7.63. The molecule has 2 heterocycles. The predicted octanol–water partition coefficient (Wildman–Crippen LogP) is 0.518. The average molecular weight is 313 g/mol. The van der Waals surface area contributed by atoms with Crippen molar-refractivity contribution in [2.45, 2.75) is 25.8 Å². The molecule has 0 radical (unpaired) electrons. The van der Waals surface area contributed by atoms with Crippen LogP contribution in [-0.2, 0) is 14.3 Å². The summed E-state index contributed by atoms with van der Waals surface area (Å²) in [7, 11) is 1.32. The van der Waals surface area contributed by atoms with Crippen LogP contribution in [0.15, 0.2) is 0 Å². The molecule has 8 nitrogen and oxygen atoms in total. The fourth-order valence-electron chi connectivity index (χ4n) is 2.89. The Hall–Kier alpha value is -1.99. The molecular weight excluding hydrogens is 290 g/mol. The maximum Gasteiger partial charge on any atom is 0.410 e. The van der Waals surface area contributed by atoms with Gasteiger partial charge in [-0.1, -0.05) is 0 Å². The Bertz CT molecular complexity index is 434. The molecule has 124 valence electrons. The van der Waals surface area contributed by atoms with Gasteiger partial charge in [-0.2, -0.15) is 0 Å². The smallest absolute Gasteiger partial charge is 0.410 e. The van der Waals surface area contributed by atoms with E-state index in [4.69, 9.17) is 9.47 Å². The number of nitrogens with zero attached hydrogens (tertiary/aromatic N) is 3. The lowest BCUT2D eigenvalue weighted by Crippen LogP contribution is -2.55. The number of carbonyl (C=O) groups is 3. The molecule has 2 fully saturated rings. The minimum absolute atomic E-state index is 0.0635. The summed E-state index contributed by atoms with van der Waals surface area (Å²) in [6.07, 6.45) is 0.660. The molecule has 0 N–H and O–H groups in total. The number of amides is 3. The molecular formula is C14H23N3O5. The first kappa shape index (κ1) is 16.4. The fourth-order valence-corrected chi connectivity index (χ4v) is 2.89. The molecule has 0 bridgehead atoms. The van der Waals surface area contributed by atoms with Crippen LogP contribution in [0.5, 0.6) is 0 Å². The molecule has 3 amide bonds. The van der Waals surface area contributed by atoms with E-state index >= 15 is 0 Å². The average Bonchev–Trinajstić information content (AvgIpc) is 3.03. The number of rotatable bonds is 2. The van der Waals surface area contributed by atoms with Crippen LogP contribution < -0.4 is 0 Å². The van der Waals surface area contributed by atoms with Gasteiger partial charge in [0.1, 0.15) is 6.04 Å². The Balaban J connectivity index is 1.89. The summed E-state index contributed by atoms with van der Waals surface area (Å²) < 4.78 is 9.68. The Labute approximate surface area is 129 Å². The monoisotopic (exact) mass is 313 g/mol. The van der Waals surface area contributed by atoms with Gasteiger partial charge in [0.05, 0.1) is 13.7 Å². The van der Waals surface area contributed by atoms with Gasteiger partial charge < -0.3 is 19.3 Å². The molecule has 8 heteroatoms. The first-order valence-electron chi connectivity index (χ1n) is 7.63. The number of hydrogen-bond donors (Lipinski definition) is 0. The topological polar surface area (TPSA) is 79.4 Å². The van der Waals surface area contributed by atoms with E-state index in [1.165, 1.54) is 12.0 Å². The number of ether oxygens (including phenoxy) is 2. The third-order valence-corrected chi connectivity index (χ3v) is 4.06. The highest BCUT2D eigenvalue weighted by Gasteiger charge is 2.38. The van der Waals surface area contributed by atoms with E-state index in [0.29, 0.717) is 45.8 Å². The van der Waals surface area contributed by atoms with Crippen molar-refractivity contribution in [1.29, 1.82) is 0 Å². The summed E-state index contributed by atoms with van der Waals surface area (Å²) in [6, 6.07) is -0.443. The summed E-state index contributed by atoms with van der Waals surface area (Å²) >= 11 is 0. The van der Waals surface area contributed by atoms with E-state index < -0.39 is 12.1 Å². The summed E-state index contributed by atoms with van der Waals surface area (Å²) in [5.41, 5.74) is 0. The second-order valence-corrected chi connectivity index (χ2v) is 5.33. The molecule has 1 unspecified atom stereocenters. The van der Waals surface area contributed by atoms with E-state index in [1.807, 2.05) is 0 Å². The molecule has 0 spiro atoms. The zero-order valence-corrected chi connectivity index (χ0v) is 13.1. The molecule has 22 heavy (non-hydrogen) atoms. The zero-order chi connectivity index (χ0) is 16.1. The Morgan fingerprint density at radius 3 is 2.23 bits per heavy atom. The molecule has 2 aliphatic rings. The SMILES string of the molecule is CCOC(=O)N1CCN(C(=O)C2CCCN2C(=O)OC)CC1. The van der Waals surface area contributed by atoms with Crippen molar-refractivity contribution in [2.24, 2.45) is 0 Å². The first-order chi connectivity index (χ1) is 10.6. The lowest BCUT2D eigenvalue weighted by molar-refractivity contribution is -0.137. The van der Waals surface area contributed by atoms with Crippen molar-refractivity contribution >= 4 is 18.1 Å². The van der Waals surface area contributed by atoms with Crippen LogP contribution in [0.4, 0.5) is 9.59 Å². The normalized spacial score (nSPS) is 21.7. The number of likely N-dealkylation sites (tertiary alicyclic amines) is 1. The molecule has 2 rings (SSSR count). The van der Waals surface area contributed by atoms with E-state index in [9.17, 15) is 14.4 Å². The van der Waals surface area contributed by atoms with Crippen LogP contribution >= 0.6 is 0 Å². The zero-order valence-electron chi connectivity index (χ0n) is 13.1. The van der Waals surface area contributed by atoms with Crippen molar-refractivity contribution in [3.05, 3.63) is 0 Å². The van der Waals surface area contributed by atoms with Gasteiger partial charge in [-0.15, -0.1) is 0 Å². The van der Waals surface area contributed by atoms with E-state index in [0.717, 1.165) is 6.42 Å². The van der Waals surface area contributed by atoms with Gasteiger partial charge in [0.15, 0.2) is 0 Å². The molecule has 2 aliphatic heterocycles. The fraction of sp³-hybridized carbons (Fsp3) is 0.786. The number of piperazine rings is 1. The molecule has 0 aromatic heterocycles. The van der Waals surface area contributed by atoms with Gasteiger partial charge in [0.2, 0.25) is 5.91 Å². The highest BCUT2D eigenvalue weighted by Crippen LogP contribution is 2.21. The van der Waals surface area contributed by atoms with Crippen molar-refractivity contribution in [3.8, 4) is 0 Å². The standard InChI is InChI=1S/C14H23N3O5/c1-3-22-13(19)16-9-7-15(8-10-16)12(18)11-5-4-6-17(11)14(20)21-2/h11H,3-10H2,1-2H3. The van der Waals surface area contributed by atoms with E-state index in [2.05, 4.69) is 0 Å². The van der Waals surface area contributed by atoms with Crippen LogP contribution in [0, 0.1) is 0 Å². The molecule has 0 aromatic rings. The van der Waals surface area contributed by atoms with Crippen LogP contribution in [0.25, 0.3) is 0 Å². The van der Waals surface area contributed by atoms with Gasteiger partial charge >= 0.3 is 12.2 Å². The summed E-state index contributed by atoms with van der Waals surface area (Å²) in [5.74, 6) is -0.0635. The summed E-state index contributed by atoms with van der Waals surface area (Å²) in [4.78, 5) is 40.7. The van der Waals surface area contributed by atoms with Crippen LogP contribution in [0.1, 0.15) is 19.8 Å². The second kappa shape index (κ2) is 7.33. The molecule has 0 aromatic carbocycles. The Morgan fingerprint density at radius 2 is 1.64 bits per heavy atom. The molecule has 0 saturated carbocycles. The highest BCUT2D eigenvalue weighted by atomic mass is 16.6. The van der Waals surface area contributed by atoms with Crippen molar-refractivity contribution in [2.75, 3.05) is 46.4 Å². The Morgan fingerprint density at radius 1 is 1.00 bits per heavy atom. The van der Waals surface area contributed by atoms with Gasteiger partial charge in [-0.25, -0.2) is 9.59 Å². The third-order valence-electron chi connectivity index (χ3n) is 4.06. The summed E-state index contributed by atoms with van der Waals surface area (Å²) in [6.45, 7) is 4.48. The second-order valence-electron chi connectivity index (χ2n) is 5.33. The Kier molecular flexibility index (Phi) is 5.46. The largest absolute Gasteiger partial charge is 0.453 e.